The smallest absolute Gasteiger partial charge is 0.376 e. The Labute approximate surface area is 220 Å². The fourth-order valence-electron chi connectivity index (χ4n) is 4.27. The van der Waals surface area contributed by atoms with Crippen LogP contribution in [0.5, 0.6) is 5.75 Å². The Balaban J connectivity index is 2.04. The number of nitrogens with one attached hydrogen (secondary N) is 1. The van der Waals surface area contributed by atoms with Gasteiger partial charge in [-0.25, -0.2) is 0 Å². The Morgan fingerprint density at radius 2 is 1.84 bits per heavy atom. The average Bonchev–Trinajstić information content (AvgIpc) is 2.81. The maximum absolute atomic E-state index is 13.3. The van der Waals surface area contributed by atoms with Crippen LogP contribution in [0.25, 0.3) is 0 Å². The molecule has 0 aliphatic carbocycles. The van der Waals surface area contributed by atoms with Gasteiger partial charge in [0.2, 0.25) is 0 Å². The lowest BCUT2D eigenvalue weighted by atomic mass is 9.90. The molecule has 1 N–H and O–H groups in total. The molecule has 1 fully saturated rings. The summed E-state index contributed by atoms with van der Waals surface area (Å²) in [5.41, 5.74) is -7.15. The number of nitrogens with zero attached hydrogens (tertiary/aromatic N) is 1. The molecule has 1 saturated heterocycles. The Morgan fingerprint density at radius 1 is 1.16 bits per heavy atom. The molecule has 0 bridgehead atoms. The molecule has 14 heteroatoms. The molecule has 1 amide bonds. The second-order valence-corrected chi connectivity index (χ2v) is 10.4. The normalized spacial score (nSPS) is 18.0. The highest BCUT2D eigenvalue weighted by molar-refractivity contribution is 7.88. The van der Waals surface area contributed by atoms with Crippen molar-refractivity contribution in [2.24, 2.45) is 0 Å². The largest absolute Gasteiger partial charge is 0.534 e. The van der Waals surface area contributed by atoms with Gasteiger partial charge in [-0.05, 0) is 49.2 Å². The summed E-state index contributed by atoms with van der Waals surface area (Å²) in [6.45, 7) is 4.68. The topological polar surface area (TPSA) is 75.7 Å². The fraction of sp³-hybridized carbons (Fsp3) is 0.375. The number of amides is 1. The molecule has 2 aromatic rings. The van der Waals surface area contributed by atoms with Crippen LogP contribution in [-0.4, -0.2) is 43.9 Å². The molecule has 2 atom stereocenters. The van der Waals surface area contributed by atoms with Gasteiger partial charge in [-0.15, -0.1) is 6.58 Å². The molecule has 1 aliphatic rings. The molecule has 1 aliphatic heterocycles. The summed E-state index contributed by atoms with van der Waals surface area (Å²) >= 11 is 5.92. The van der Waals surface area contributed by atoms with E-state index >= 15 is 0 Å². The van der Waals surface area contributed by atoms with Gasteiger partial charge in [0.25, 0.3) is 5.91 Å². The molecule has 208 valence electrons. The number of carbonyl (C=O) groups is 1. The van der Waals surface area contributed by atoms with E-state index in [0.29, 0.717) is 19.5 Å². The van der Waals surface area contributed by atoms with Gasteiger partial charge in [-0.3, -0.25) is 9.69 Å². The third kappa shape index (κ3) is 6.80. The molecule has 3 rings (SSSR count). The van der Waals surface area contributed by atoms with Crippen LogP contribution in [0, 0.1) is 0 Å². The molecule has 0 saturated carbocycles. The molecule has 1 heterocycles. The maximum Gasteiger partial charge on any atom is 0.534 e. The lowest BCUT2D eigenvalue weighted by molar-refractivity contribution is -0.137. The number of alkyl halides is 6. The fourth-order valence-corrected chi connectivity index (χ4v) is 5.04. The summed E-state index contributed by atoms with van der Waals surface area (Å²) in [6, 6.07) is 6.14. The molecule has 6 nitrogen and oxygen atoms in total. The van der Waals surface area contributed by atoms with Crippen LogP contribution in [0.1, 0.15) is 46.8 Å². The van der Waals surface area contributed by atoms with Crippen molar-refractivity contribution in [2.75, 3.05) is 13.1 Å². The van der Waals surface area contributed by atoms with E-state index in [1.54, 1.807) is 6.08 Å². The summed E-state index contributed by atoms with van der Waals surface area (Å²) in [5, 5.41) is 1.84. The van der Waals surface area contributed by atoms with Gasteiger partial charge in [-0.1, -0.05) is 42.3 Å². The van der Waals surface area contributed by atoms with Crippen molar-refractivity contribution in [2.45, 2.75) is 43.0 Å². The van der Waals surface area contributed by atoms with Gasteiger partial charge in [0.1, 0.15) is 5.75 Å². The van der Waals surface area contributed by atoms with Crippen molar-refractivity contribution in [3.8, 4) is 5.75 Å². The molecule has 0 radical (unpaired) electrons. The minimum atomic E-state index is -5.96. The van der Waals surface area contributed by atoms with E-state index in [4.69, 9.17) is 11.6 Å². The van der Waals surface area contributed by atoms with Crippen LogP contribution in [0.15, 0.2) is 55.1 Å². The number of hydrogen-bond acceptors (Lipinski definition) is 5. The van der Waals surface area contributed by atoms with Crippen LogP contribution in [0.2, 0.25) is 5.02 Å². The van der Waals surface area contributed by atoms with Gasteiger partial charge in [0.15, 0.2) is 0 Å². The van der Waals surface area contributed by atoms with Crippen molar-refractivity contribution >= 4 is 27.6 Å². The third-order valence-electron chi connectivity index (χ3n) is 5.95. The summed E-state index contributed by atoms with van der Waals surface area (Å²) in [7, 11) is -5.96. The Morgan fingerprint density at radius 3 is 2.47 bits per heavy atom. The van der Waals surface area contributed by atoms with Gasteiger partial charge in [-0.2, -0.15) is 34.8 Å². The van der Waals surface area contributed by atoms with Crippen molar-refractivity contribution in [1.29, 1.82) is 0 Å². The summed E-state index contributed by atoms with van der Waals surface area (Å²) in [6.07, 6.45) is -1.13. The first-order chi connectivity index (χ1) is 17.7. The molecule has 0 unspecified atom stereocenters. The van der Waals surface area contributed by atoms with Crippen molar-refractivity contribution < 1.29 is 43.7 Å². The van der Waals surface area contributed by atoms with Crippen LogP contribution < -0.4 is 9.50 Å². The number of halogens is 7. The number of rotatable bonds is 8. The Bertz CT molecular complexity index is 1280. The summed E-state index contributed by atoms with van der Waals surface area (Å²) in [4.78, 5) is 15.2. The Hall–Kier alpha value is -2.77. The van der Waals surface area contributed by atoms with Crippen molar-refractivity contribution in [3.63, 3.8) is 0 Å². The van der Waals surface area contributed by atoms with Crippen LogP contribution in [0.3, 0.4) is 0 Å². The molecule has 0 spiro atoms. The van der Waals surface area contributed by atoms with E-state index in [0.717, 1.165) is 43.2 Å². The lowest BCUT2D eigenvalue weighted by Crippen LogP contribution is -2.48. The number of benzene rings is 2. The van der Waals surface area contributed by atoms with E-state index < -0.39 is 61.7 Å². The van der Waals surface area contributed by atoms with E-state index in [1.807, 2.05) is 4.90 Å². The lowest BCUT2D eigenvalue weighted by Gasteiger charge is -2.40. The quantitative estimate of drug-likeness (QED) is 0.176. The Kier molecular flexibility index (Phi) is 9.04. The average molecular weight is 585 g/mol. The van der Waals surface area contributed by atoms with Crippen LogP contribution in [0.4, 0.5) is 26.3 Å². The maximum atomic E-state index is 13.3. The van der Waals surface area contributed by atoms with E-state index in [1.165, 1.54) is 12.1 Å². The zero-order chi connectivity index (χ0) is 28.3. The zero-order valence-corrected chi connectivity index (χ0v) is 21.2. The minimum absolute atomic E-state index is 0.178. The van der Waals surface area contributed by atoms with Gasteiger partial charge in [0.05, 0.1) is 22.2 Å². The predicted molar refractivity (Wildman–Crippen MR) is 128 cm³/mol. The van der Waals surface area contributed by atoms with Crippen molar-refractivity contribution in [3.05, 3.63) is 76.8 Å². The second-order valence-electron chi connectivity index (χ2n) is 8.52. The predicted octanol–water partition coefficient (Wildman–Crippen LogP) is 6.10. The van der Waals surface area contributed by atoms with Gasteiger partial charge in [0, 0.05) is 12.6 Å². The van der Waals surface area contributed by atoms with Crippen LogP contribution in [-0.2, 0) is 16.3 Å². The minimum Gasteiger partial charge on any atom is -0.376 e. The highest BCUT2D eigenvalue weighted by Gasteiger charge is 2.48. The zero-order valence-electron chi connectivity index (χ0n) is 19.7. The SMILES string of the molecule is C=CCN1CCCC[C@H]1[C@@H](NC(=O)c1cccc(C(F)(F)F)c1Cl)c1cccc(OS(=O)(=O)C(F)(F)F)c1. The van der Waals surface area contributed by atoms with Crippen LogP contribution >= 0.6 is 11.6 Å². The third-order valence-corrected chi connectivity index (χ3v) is 7.34. The highest BCUT2D eigenvalue weighted by atomic mass is 35.5. The number of carbonyl (C=O) groups excluding carboxylic acids is 1. The number of piperidine rings is 1. The summed E-state index contributed by atoms with van der Waals surface area (Å²) in [5.74, 6) is -1.60. The monoisotopic (exact) mass is 584 g/mol. The molecule has 2 aromatic carbocycles. The first kappa shape index (κ1) is 29.8. The molecular weight excluding hydrogens is 562 g/mol. The summed E-state index contributed by atoms with van der Waals surface area (Å²) < 4.78 is 106. The first-order valence-electron chi connectivity index (χ1n) is 11.3. The van der Waals surface area contributed by atoms with Gasteiger partial charge >= 0.3 is 21.8 Å². The first-order valence-corrected chi connectivity index (χ1v) is 13.1. The molecule has 0 aromatic heterocycles. The van der Waals surface area contributed by atoms with Gasteiger partial charge < -0.3 is 9.50 Å². The van der Waals surface area contributed by atoms with E-state index in [-0.39, 0.29) is 5.56 Å². The number of hydrogen-bond donors (Lipinski definition) is 1. The molecular formula is C24H23ClF6N2O4S. The highest BCUT2D eigenvalue weighted by Crippen LogP contribution is 2.37. The van der Waals surface area contributed by atoms with E-state index in [9.17, 15) is 39.6 Å². The molecule has 38 heavy (non-hydrogen) atoms. The second kappa shape index (κ2) is 11.5. The standard InChI is InChI=1S/C24H23ClF6N2O4S/c1-2-12-33-13-4-3-11-19(33)21(15-7-5-8-16(14-15)37-38(35,36)24(29,30)31)32-22(34)17-9-6-10-18(20(17)25)23(26,27)28/h2,5-10,14,19,21H,1,3-4,11-13H2,(H,32,34)/t19-,21-/m0/s1. The van der Waals surface area contributed by atoms with E-state index in [2.05, 4.69) is 16.1 Å². The number of likely N-dealkylation sites (tertiary alicyclic amines) is 1. The van der Waals surface area contributed by atoms with Crippen molar-refractivity contribution in [1.82, 2.24) is 10.2 Å².